The van der Waals surface area contributed by atoms with Crippen molar-refractivity contribution in [2.75, 3.05) is 6.61 Å². The molecule has 0 fully saturated rings. The number of nitrogens with zero attached hydrogens (tertiary/aromatic N) is 3. The van der Waals surface area contributed by atoms with E-state index in [0.29, 0.717) is 27.2 Å². The van der Waals surface area contributed by atoms with Crippen LogP contribution in [-0.2, 0) is 6.42 Å². The van der Waals surface area contributed by atoms with E-state index in [1.165, 1.54) is 0 Å². The van der Waals surface area contributed by atoms with Gasteiger partial charge >= 0.3 is 0 Å². The first-order chi connectivity index (χ1) is 11.1. The minimum absolute atomic E-state index is 0.449. The van der Waals surface area contributed by atoms with Crippen LogP contribution in [0.4, 0.5) is 0 Å². The minimum atomic E-state index is 0.449. The smallest absolute Gasteiger partial charge is 0.216 e. The van der Waals surface area contributed by atoms with Crippen LogP contribution in [0.5, 0.6) is 5.75 Å². The summed E-state index contributed by atoms with van der Waals surface area (Å²) in [5.74, 6) is 1.28. The van der Waals surface area contributed by atoms with Gasteiger partial charge in [-0.3, -0.25) is 5.10 Å². The molecule has 23 heavy (non-hydrogen) atoms. The fourth-order valence-electron chi connectivity index (χ4n) is 1.95. The molecular formula is C15H18Cl2N4OS. The highest BCUT2D eigenvalue weighted by atomic mass is 35.5. The van der Waals surface area contributed by atoms with Gasteiger partial charge in [0.15, 0.2) is 11.6 Å². The monoisotopic (exact) mass is 372 g/mol. The number of ether oxygens (including phenoxy) is 1. The number of H-pyrrole nitrogens is 1. The Morgan fingerprint density at radius 1 is 1.30 bits per heavy atom. The van der Waals surface area contributed by atoms with Gasteiger partial charge in [-0.25, -0.2) is 0 Å². The molecule has 0 radical (unpaired) electrons. The molecule has 0 saturated carbocycles. The maximum absolute atomic E-state index is 6.23. The Morgan fingerprint density at radius 3 is 2.61 bits per heavy atom. The lowest BCUT2D eigenvalue weighted by molar-refractivity contribution is 0.318. The fourth-order valence-corrected chi connectivity index (χ4v) is 2.76. The van der Waals surface area contributed by atoms with Gasteiger partial charge in [0.05, 0.1) is 22.9 Å². The van der Waals surface area contributed by atoms with Crippen molar-refractivity contribution >= 4 is 41.6 Å². The molecule has 0 atom stereocenters. The molecule has 0 aliphatic rings. The standard InChI is InChI=1S/C15H18Cl2N4OS/c1-3-5-13-19-20-15(23)21(13)18-9-10-7-11(16)14(12(17)8-10)22-6-4-2/h7-9H,3-6H2,1-2H3,(H,20,23)/b18-9-. The molecule has 124 valence electrons. The number of nitrogens with one attached hydrogen (secondary N) is 1. The van der Waals surface area contributed by atoms with Crippen molar-refractivity contribution in [2.24, 2.45) is 5.10 Å². The summed E-state index contributed by atoms with van der Waals surface area (Å²) < 4.78 is 7.60. The van der Waals surface area contributed by atoms with Crippen LogP contribution in [0.1, 0.15) is 38.1 Å². The highest BCUT2D eigenvalue weighted by molar-refractivity contribution is 7.71. The maximum Gasteiger partial charge on any atom is 0.216 e. The van der Waals surface area contributed by atoms with Gasteiger partial charge in [-0.05, 0) is 42.8 Å². The molecule has 0 saturated heterocycles. The first-order valence-electron chi connectivity index (χ1n) is 7.39. The van der Waals surface area contributed by atoms with Gasteiger partial charge in [0.1, 0.15) is 0 Å². The summed E-state index contributed by atoms with van der Waals surface area (Å²) in [4.78, 5) is 0. The lowest BCUT2D eigenvalue weighted by atomic mass is 10.2. The second kappa shape index (κ2) is 8.47. The van der Waals surface area contributed by atoms with Gasteiger partial charge in [-0.1, -0.05) is 37.0 Å². The minimum Gasteiger partial charge on any atom is -0.490 e. The van der Waals surface area contributed by atoms with E-state index in [4.69, 9.17) is 40.2 Å². The van der Waals surface area contributed by atoms with Crippen LogP contribution >= 0.6 is 35.4 Å². The molecule has 0 bridgehead atoms. The second-order valence-electron chi connectivity index (χ2n) is 4.91. The van der Waals surface area contributed by atoms with Gasteiger partial charge < -0.3 is 4.74 Å². The van der Waals surface area contributed by atoms with Gasteiger partial charge in [0, 0.05) is 6.42 Å². The van der Waals surface area contributed by atoms with Crippen molar-refractivity contribution in [1.82, 2.24) is 14.9 Å². The molecule has 0 aliphatic carbocycles. The summed E-state index contributed by atoms with van der Waals surface area (Å²) in [7, 11) is 0. The molecule has 0 spiro atoms. The van der Waals surface area contributed by atoms with Gasteiger partial charge in [0.2, 0.25) is 4.77 Å². The number of rotatable bonds is 7. The number of halogens is 2. The van der Waals surface area contributed by atoms with E-state index in [0.717, 1.165) is 30.7 Å². The zero-order valence-electron chi connectivity index (χ0n) is 13.0. The Kier molecular flexibility index (Phi) is 6.62. The molecule has 2 rings (SSSR count). The summed E-state index contributed by atoms with van der Waals surface area (Å²) in [5, 5.41) is 12.2. The SMILES string of the molecule is CCCOc1c(Cl)cc(/C=N\n2c(CCC)n[nH]c2=S)cc1Cl. The lowest BCUT2D eigenvalue weighted by Gasteiger charge is -2.09. The first-order valence-corrected chi connectivity index (χ1v) is 8.55. The van der Waals surface area contributed by atoms with Crippen LogP contribution in [0.25, 0.3) is 0 Å². The average Bonchev–Trinajstić information content (AvgIpc) is 2.85. The molecule has 0 aliphatic heterocycles. The predicted octanol–water partition coefficient (Wildman–Crippen LogP) is 4.87. The van der Waals surface area contributed by atoms with E-state index in [2.05, 4.69) is 22.2 Å². The zero-order valence-corrected chi connectivity index (χ0v) is 15.3. The molecule has 2 aromatic rings. The van der Waals surface area contributed by atoms with E-state index in [-0.39, 0.29) is 0 Å². The number of aromatic nitrogens is 3. The zero-order chi connectivity index (χ0) is 16.8. The molecule has 1 N–H and O–H groups in total. The van der Waals surface area contributed by atoms with Crippen LogP contribution in [0.2, 0.25) is 10.0 Å². The average molecular weight is 373 g/mol. The van der Waals surface area contributed by atoms with E-state index in [1.807, 2.05) is 6.92 Å². The predicted molar refractivity (Wildman–Crippen MR) is 96.6 cm³/mol. The summed E-state index contributed by atoms with van der Waals surface area (Å²) >= 11 is 17.6. The van der Waals surface area contributed by atoms with Crippen molar-refractivity contribution in [2.45, 2.75) is 33.1 Å². The fraction of sp³-hybridized carbons (Fsp3) is 0.400. The normalized spacial score (nSPS) is 11.3. The van der Waals surface area contributed by atoms with E-state index in [1.54, 1.807) is 23.0 Å². The molecule has 5 nitrogen and oxygen atoms in total. The third kappa shape index (κ3) is 4.56. The summed E-state index contributed by atoms with van der Waals surface area (Å²) in [6.07, 6.45) is 4.27. The van der Waals surface area contributed by atoms with Crippen molar-refractivity contribution in [3.05, 3.63) is 38.3 Å². The third-order valence-electron chi connectivity index (χ3n) is 2.98. The second-order valence-corrected chi connectivity index (χ2v) is 6.11. The molecular weight excluding hydrogens is 355 g/mol. The topological polar surface area (TPSA) is 55.2 Å². The maximum atomic E-state index is 6.23. The summed E-state index contributed by atoms with van der Waals surface area (Å²) in [5.41, 5.74) is 0.759. The highest BCUT2D eigenvalue weighted by Crippen LogP contribution is 2.33. The quantitative estimate of drug-likeness (QED) is 0.556. The Bertz CT molecular complexity index is 731. The number of benzene rings is 1. The lowest BCUT2D eigenvalue weighted by Crippen LogP contribution is -2.00. The number of hydrogen-bond donors (Lipinski definition) is 1. The van der Waals surface area contributed by atoms with Crippen LogP contribution in [0.15, 0.2) is 17.2 Å². The Morgan fingerprint density at radius 2 is 2.00 bits per heavy atom. The van der Waals surface area contributed by atoms with Crippen LogP contribution in [0, 0.1) is 4.77 Å². The first kappa shape index (κ1) is 18.0. The molecule has 1 heterocycles. The largest absolute Gasteiger partial charge is 0.490 e. The van der Waals surface area contributed by atoms with Gasteiger partial charge in [0.25, 0.3) is 0 Å². The molecule has 1 aromatic carbocycles. The van der Waals surface area contributed by atoms with Crippen LogP contribution < -0.4 is 4.74 Å². The van der Waals surface area contributed by atoms with Gasteiger partial charge in [-0.2, -0.15) is 14.9 Å². The van der Waals surface area contributed by atoms with E-state index < -0.39 is 0 Å². The number of hydrogen-bond acceptors (Lipinski definition) is 4. The summed E-state index contributed by atoms with van der Waals surface area (Å²) in [6, 6.07) is 3.51. The molecule has 8 heteroatoms. The highest BCUT2D eigenvalue weighted by Gasteiger charge is 2.09. The van der Waals surface area contributed by atoms with Crippen LogP contribution in [-0.4, -0.2) is 27.7 Å². The summed E-state index contributed by atoms with van der Waals surface area (Å²) in [6.45, 7) is 4.66. The van der Waals surface area contributed by atoms with Crippen molar-refractivity contribution in [3.8, 4) is 5.75 Å². The van der Waals surface area contributed by atoms with Crippen LogP contribution in [0.3, 0.4) is 0 Å². The number of aryl methyl sites for hydroxylation is 1. The number of aromatic amines is 1. The Balaban J connectivity index is 2.27. The third-order valence-corrected chi connectivity index (χ3v) is 3.81. The molecule has 0 unspecified atom stereocenters. The molecule has 0 amide bonds. The van der Waals surface area contributed by atoms with E-state index >= 15 is 0 Å². The molecule has 1 aromatic heterocycles. The Hall–Kier alpha value is -1.37. The van der Waals surface area contributed by atoms with Gasteiger partial charge in [-0.15, -0.1) is 0 Å². The van der Waals surface area contributed by atoms with Crippen molar-refractivity contribution in [1.29, 1.82) is 0 Å². The Labute approximate surface area is 150 Å². The van der Waals surface area contributed by atoms with E-state index in [9.17, 15) is 0 Å². The van der Waals surface area contributed by atoms with Crippen molar-refractivity contribution in [3.63, 3.8) is 0 Å². The van der Waals surface area contributed by atoms with Crippen molar-refractivity contribution < 1.29 is 4.74 Å².